The molecule has 0 bridgehead atoms. The van der Waals surface area contributed by atoms with Crippen molar-refractivity contribution in [2.45, 2.75) is 0 Å². The average Bonchev–Trinajstić information content (AvgIpc) is 2.30. The van der Waals surface area contributed by atoms with Crippen molar-refractivity contribution in [3.8, 4) is 11.5 Å². The van der Waals surface area contributed by atoms with E-state index in [-0.39, 0.29) is 196 Å². The molecule has 24 heavy (non-hydrogen) atoms. The summed E-state index contributed by atoms with van der Waals surface area (Å²) in [4.78, 5) is 0. The number of methoxy groups -OCH3 is 1. The molecule has 1 N–H and O–H groups in total. The second kappa shape index (κ2) is 42.1. The molecule has 1 rings (SSSR count). The first-order chi connectivity index (χ1) is 7.36. The maximum Gasteiger partial charge on any atom is 0.119 e. The zero-order valence-electron chi connectivity index (χ0n) is 12.5. The van der Waals surface area contributed by atoms with Crippen molar-refractivity contribution in [1.29, 1.82) is 0 Å². The number of hydrogen-bond acceptors (Lipinski definition) is 4. The summed E-state index contributed by atoms with van der Waals surface area (Å²) < 4.78 is 15.5. The number of hydrogen-bond donors (Lipinski definition) is 1. The Morgan fingerprint density at radius 1 is 0.667 bits per heavy atom. The summed E-state index contributed by atoms with van der Waals surface area (Å²) in [5, 5.41) is 8.46. The quantitative estimate of drug-likeness (QED) is 0.416. The van der Waals surface area contributed by atoms with Gasteiger partial charge in [-0.2, -0.15) is 0 Å². The van der Waals surface area contributed by atoms with E-state index in [0.29, 0.717) is 19.8 Å². The van der Waals surface area contributed by atoms with Crippen LogP contribution in [0.2, 0.25) is 0 Å². The monoisotopic (exact) mass is 1870 g/mol. The minimum atomic E-state index is 0. The normalized spacial score (nSPS) is 6.25. The number of aliphatic hydroxyl groups excluding tert-OH is 1. The second-order valence-corrected chi connectivity index (χ2v) is 2.86. The average molecular weight is 1870 g/mol. The van der Waals surface area contributed by atoms with Gasteiger partial charge in [0.25, 0.3) is 0 Å². The molecular formula is C11H16O4W9. The van der Waals surface area contributed by atoms with Crippen molar-refractivity contribution in [2.75, 3.05) is 33.5 Å². The van der Waals surface area contributed by atoms with Crippen LogP contribution in [0.3, 0.4) is 0 Å². The molecule has 0 aliphatic rings. The van der Waals surface area contributed by atoms with Gasteiger partial charge in [0.05, 0.1) is 26.9 Å². The van der Waals surface area contributed by atoms with Crippen LogP contribution in [-0.2, 0) is 194 Å². The first-order valence-electron chi connectivity index (χ1n) is 4.82. The van der Waals surface area contributed by atoms with Crippen molar-refractivity contribution in [1.82, 2.24) is 0 Å². The van der Waals surface area contributed by atoms with Gasteiger partial charge < -0.3 is 19.3 Å². The minimum Gasteiger partial charge on any atom is -0.497 e. The molecule has 0 saturated carbocycles. The Morgan fingerprint density at radius 2 is 1.08 bits per heavy atom. The summed E-state index contributed by atoms with van der Waals surface area (Å²) in [5.41, 5.74) is 0. The van der Waals surface area contributed by atoms with E-state index in [1.165, 1.54) is 0 Å². The molecular weight excluding hydrogens is 1850 g/mol. The molecule has 0 atom stereocenters. The van der Waals surface area contributed by atoms with Gasteiger partial charge in [0, 0.05) is 190 Å². The molecule has 0 amide bonds. The van der Waals surface area contributed by atoms with Crippen LogP contribution in [0.25, 0.3) is 0 Å². The zero-order valence-corrected chi connectivity index (χ0v) is 38.9. The third-order valence-electron chi connectivity index (χ3n) is 1.79. The third kappa shape index (κ3) is 31.6. The largest absolute Gasteiger partial charge is 0.497 e. The van der Waals surface area contributed by atoms with Crippen LogP contribution in [0.1, 0.15) is 0 Å². The van der Waals surface area contributed by atoms with Gasteiger partial charge in [-0.05, 0) is 24.3 Å². The Morgan fingerprint density at radius 3 is 1.46 bits per heavy atom. The van der Waals surface area contributed by atoms with Crippen molar-refractivity contribution in [2.24, 2.45) is 0 Å². The van der Waals surface area contributed by atoms with Crippen LogP contribution < -0.4 is 9.47 Å². The van der Waals surface area contributed by atoms with Crippen molar-refractivity contribution in [3.63, 3.8) is 0 Å². The maximum absolute atomic E-state index is 8.46. The number of ether oxygens (including phenoxy) is 3. The molecule has 0 radical (unpaired) electrons. The molecule has 0 heterocycles. The summed E-state index contributed by atoms with van der Waals surface area (Å²) in [5.74, 6) is 1.59. The van der Waals surface area contributed by atoms with Crippen molar-refractivity contribution >= 4 is 0 Å². The molecule has 0 aliphatic heterocycles. The minimum absolute atomic E-state index is 0. The van der Waals surface area contributed by atoms with E-state index < -0.39 is 0 Å². The van der Waals surface area contributed by atoms with E-state index in [1.54, 1.807) is 7.11 Å². The third-order valence-corrected chi connectivity index (χ3v) is 1.79. The van der Waals surface area contributed by atoms with Crippen LogP contribution in [0.4, 0.5) is 0 Å². The Hall–Kier alpha value is 4.93. The van der Waals surface area contributed by atoms with Crippen molar-refractivity contribution in [3.05, 3.63) is 24.3 Å². The fourth-order valence-electron chi connectivity index (χ4n) is 1.06. The van der Waals surface area contributed by atoms with Crippen molar-refractivity contribution < 1.29 is 209 Å². The predicted molar refractivity (Wildman–Crippen MR) is 56.4 cm³/mol. The number of aliphatic hydroxyl groups is 1. The fraction of sp³-hybridized carbons (Fsp3) is 0.455. The molecule has 13 heteroatoms. The molecule has 1 aromatic rings. The number of benzene rings is 1. The van der Waals surface area contributed by atoms with Crippen LogP contribution in [0, 0.1) is 0 Å². The zero-order chi connectivity index (χ0) is 10.9. The molecule has 0 fully saturated rings. The van der Waals surface area contributed by atoms with E-state index in [2.05, 4.69) is 0 Å². The molecule has 0 spiro atoms. The van der Waals surface area contributed by atoms with Gasteiger partial charge in [0.1, 0.15) is 18.1 Å². The summed E-state index contributed by atoms with van der Waals surface area (Å²) in [6.07, 6.45) is 0. The first-order valence-corrected chi connectivity index (χ1v) is 4.82. The topological polar surface area (TPSA) is 47.9 Å². The van der Waals surface area contributed by atoms with Crippen LogP contribution in [-0.4, -0.2) is 38.6 Å². The van der Waals surface area contributed by atoms with Gasteiger partial charge in [-0.25, -0.2) is 0 Å². The molecule has 1 aromatic carbocycles. The van der Waals surface area contributed by atoms with Gasteiger partial charge in [0.15, 0.2) is 0 Å². The van der Waals surface area contributed by atoms with Gasteiger partial charge in [-0.15, -0.1) is 0 Å². The number of rotatable bonds is 7. The van der Waals surface area contributed by atoms with Gasteiger partial charge >= 0.3 is 0 Å². The molecule has 4 nitrogen and oxygen atoms in total. The van der Waals surface area contributed by atoms with Gasteiger partial charge in [0.2, 0.25) is 0 Å². The SMILES string of the molecule is COc1ccc(OCCOCCO)cc1.[W].[W].[W].[W].[W].[W].[W].[W].[W]. The predicted octanol–water partition coefficient (Wildman–Crippen LogP) is 1.06. The Labute approximate surface area is 273 Å². The Kier molecular flexibility index (Phi) is 99.7. The summed E-state index contributed by atoms with van der Waals surface area (Å²) in [6, 6.07) is 7.35. The van der Waals surface area contributed by atoms with E-state index in [1.807, 2.05) is 24.3 Å². The maximum atomic E-state index is 8.46. The van der Waals surface area contributed by atoms with Gasteiger partial charge in [-0.3, -0.25) is 0 Å². The van der Waals surface area contributed by atoms with Crippen LogP contribution in [0.5, 0.6) is 11.5 Å². The van der Waals surface area contributed by atoms with E-state index >= 15 is 0 Å². The Bertz CT molecular complexity index is 281. The molecule has 138 valence electrons. The standard InChI is InChI=1S/C11H16O4.9W/c1-13-10-2-4-11(5-3-10)15-9-8-14-7-6-12;;;;;;;;;/h2-5,12H,6-9H2,1H3;;;;;;;;;. The first kappa shape index (κ1) is 56.8. The second-order valence-electron chi connectivity index (χ2n) is 2.86. The van der Waals surface area contributed by atoms with E-state index in [9.17, 15) is 0 Å². The summed E-state index contributed by atoms with van der Waals surface area (Å²) >= 11 is 0. The molecule has 0 saturated heterocycles. The van der Waals surface area contributed by atoms with E-state index in [0.717, 1.165) is 11.5 Å². The molecule has 0 aromatic heterocycles. The Balaban J connectivity index is -0.0000000357. The fourth-order valence-corrected chi connectivity index (χ4v) is 1.06. The summed E-state index contributed by atoms with van der Waals surface area (Å²) in [7, 11) is 1.62. The smallest absolute Gasteiger partial charge is 0.119 e. The van der Waals surface area contributed by atoms with Crippen LogP contribution >= 0.6 is 0 Å². The molecule has 0 unspecified atom stereocenters. The van der Waals surface area contributed by atoms with Crippen LogP contribution in [0.15, 0.2) is 24.3 Å². The van der Waals surface area contributed by atoms with Gasteiger partial charge in [-0.1, -0.05) is 0 Å². The summed E-state index contributed by atoms with van der Waals surface area (Å²) in [6.45, 7) is 1.35. The molecule has 0 aliphatic carbocycles. The van der Waals surface area contributed by atoms with E-state index in [4.69, 9.17) is 19.3 Å².